The van der Waals surface area contributed by atoms with E-state index in [0.717, 1.165) is 64.2 Å². The van der Waals surface area contributed by atoms with Crippen LogP contribution < -0.4 is 5.32 Å². The van der Waals surface area contributed by atoms with Crippen molar-refractivity contribution in [3.05, 3.63) is 53.7 Å². The Morgan fingerprint density at radius 1 is 1.09 bits per heavy atom. The number of nitrogens with zero attached hydrogens (tertiary/aromatic N) is 3. The summed E-state index contributed by atoms with van der Waals surface area (Å²) in [6.07, 6.45) is 0.105. The topological polar surface area (TPSA) is 57.7 Å². The quantitative estimate of drug-likeness (QED) is 0.689. The van der Waals surface area contributed by atoms with E-state index in [0.29, 0.717) is 24.6 Å². The lowest BCUT2D eigenvalue weighted by Gasteiger charge is -2.34. The highest BCUT2D eigenvalue weighted by Crippen LogP contribution is 2.32. The first-order valence-corrected chi connectivity index (χ1v) is 11.4. The summed E-state index contributed by atoms with van der Waals surface area (Å²) in [4.78, 5) is 21.7. The molecule has 2 fully saturated rings. The summed E-state index contributed by atoms with van der Waals surface area (Å²) in [6, 6.07) is 8.21. The van der Waals surface area contributed by atoms with Crippen LogP contribution in [0.2, 0.25) is 0 Å². The Morgan fingerprint density at radius 3 is 2.58 bits per heavy atom. The summed E-state index contributed by atoms with van der Waals surface area (Å²) < 4.78 is 44.5. The molecule has 2 saturated heterocycles. The van der Waals surface area contributed by atoms with Crippen molar-refractivity contribution in [1.82, 2.24) is 14.8 Å². The van der Waals surface area contributed by atoms with E-state index in [4.69, 9.17) is 4.74 Å². The number of hydrogen-bond donors (Lipinski definition) is 1. The molecule has 1 N–H and O–H groups in total. The number of ether oxygens (including phenoxy) is 1. The fourth-order valence-corrected chi connectivity index (χ4v) is 4.37. The van der Waals surface area contributed by atoms with Crippen molar-refractivity contribution >= 4 is 17.4 Å². The predicted molar refractivity (Wildman–Crippen MR) is 119 cm³/mol. The van der Waals surface area contributed by atoms with Gasteiger partial charge in [0, 0.05) is 38.1 Å². The lowest BCUT2D eigenvalue weighted by Crippen LogP contribution is -2.41. The first-order valence-electron chi connectivity index (χ1n) is 11.4. The smallest absolute Gasteiger partial charge is 0.379 e. The van der Waals surface area contributed by atoms with Gasteiger partial charge >= 0.3 is 6.18 Å². The second kappa shape index (κ2) is 10.5. The van der Waals surface area contributed by atoms with Crippen LogP contribution in [0.4, 0.5) is 24.7 Å². The summed E-state index contributed by atoms with van der Waals surface area (Å²) in [5.74, 6) is 0.703. The van der Waals surface area contributed by atoms with Crippen molar-refractivity contribution in [2.45, 2.75) is 25.4 Å². The minimum atomic E-state index is -4.44. The summed E-state index contributed by atoms with van der Waals surface area (Å²) in [7, 11) is 0. The van der Waals surface area contributed by atoms with Crippen molar-refractivity contribution < 1.29 is 22.7 Å². The molecule has 0 saturated carbocycles. The van der Waals surface area contributed by atoms with Crippen molar-refractivity contribution in [1.29, 1.82) is 0 Å². The Labute approximate surface area is 191 Å². The molecule has 178 valence electrons. The number of amides is 1. The number of halogens is 3. The number of likely N-dealkylation sites (tertiary alicyclic amines) is 1. The van der Waals surface area contributed by atoms with Crippen LogP contribution in [0.3, 0.4) is 0 Å². The van der Waals surface area contributed by atoms with Crippen LogP contribution in [0, 0.1) is 5.92 Å². The van der Waals surface area contributed by atoms with Gasteiger partial charge in [-0.1, -0.05) is 6.07 Å². The van der Waals surface area contributed by atoms with Gasteiger partial charge in [-0.15, -0.1) is 0 Å². The van der Waals surface area contributed by atoms with Crippen LogP contribution >= 0.6 is 0 Å². The number of carbonyl (C=O) groups excluding carboxylic acids is 1. The zero-order valence-electron chi connectivity index (χ0n) is 18.5. The maximum Gasteiger partial charge on any atom is 0.416 e. The summed E-state index contributed by atoms with van der Waals surface area (Å²) in [6.45, 7) is 5.98. The normalized spacial score (nSPS) is 18.3. The van der Waals surface area contributed by atoms with Crippen molar-refractivity contribution in [3.63, 3.8) is 0 Å². The first-order chi connectivity index (χ1) is 15.9. The molecule has 1 aromatic heterocycles. The van der Waals surface area contributed by atoms with Crippen LogP contribution in [0.15, 0.2) is 42.6 Å². The van der Waals surface area contributed by atoms with Crippen LogP contribution in [0.25, 0.3) is 0 Å². The molecule has 0 spiro atoms. The fourth-order valence-electron chi connectivity index (χ4n) is 4.37. The van der Waals surface area contributed by atoms with E-state index >= 15 is 0 Å². The third-order valence-corrected chi connectivity index (χ3v) is 6.35. The molecule has 0 bridgehead atoms. The Kier molecular flexibility index (Phi) is 7.49. The number of aromatic nitrogens is 1. The molecule has 1 aromatic carbocycles. The molecule has 2 aromatic rings. The van der Waals surface area contributed by atoms with Gasteiger partial charge in [-0.25, -0.2) is 4.98 Å². The maximum atomic E-state index is 13.2. The molecule has 3 heterocycles. The number of hydrogen-bond acceptors (Lipinski definition) is 5. The Bertz CT molecular complexity index is 939. The van der Waals surface area contributed by atoms with Gasteiger partial charge in [0.1, 0.15) is 5.82 Å². The maximum absolute atomic E-state index is 13.2. The van der Waals surface area contributed by atoms with Gasteiger partial charge < -0.3 is 15.0 Å². The molecule has 33 heavy (non-hydrogen) atoms. The molecule has 0 aliphatic carbocycles. The number of pyridine rings is 1. The molecule has 0 unspecified atom stereocenters. The zero-order chi connectivity index (χ0) is 23.3. The van der Waals surface area contributed by atoms with E-state index < -0.39 is 11.7 Å². The highest BCUT2D eigenvalue weighted by atomic mass is 19.4. The Balaban J connectivity index is 1.36. The number of anilines is 2. The minimum absolute atomic E-state index is 0.149. The van der Waals surface area contributed by atoms with Crippen molar-refractivity contribution in [2.24, 2.45) is 5.92 Å². The fraction of sp³-hybridized carbons (Fsp3) is 0.500. The number of piperidine rings is 1. The van der Waals surface area contributed by atoms with Crippen molar-refractivity contribution in [3.8, 4) is 0 Å². The largest absolute Gasteiger partial charge is 0.416 e. The van der Waals surface area contributed by atoms with Gasteiger partial charge in [-0.3, -0.25) is 9.69 Å². The number of benzene rings is 1. The summed E-state index contributed by atoms with van der Waals surface area (Å²) >= 11 is 0. The molecule has 6 nitrogen and oxygen atoms in total. The van der Waals surface area contributed by atoms with Gasteiger partial charge in [0.25, 0.3) is 5.91 Å². The molecular formula is C24H29F3N4O2. The number of rotatable bonds is 6. The van der Waals surface area contributed by atoms with Gasteiger partial charge in [0.05, 0.1) is 24.3 Å². The van der Waals surface area contributed by atoms with Crippen LogP contribution in [-0.4, -0.2) is 66.6 Å². The lowest BCUT2D eigenvalue weighted by molar-refractivity contribution is -0.137. The SMILES string of the molecule is O=C(c1cccnc1Nc1cccc(C(F)(F)F)c1)N1CCC(CCN2CCOCC2)CC1. The molecule has 2 aliphatic heterocycles. The standard InChI is InChI=1S/C24H29F3N4O2/c25-24(26,27)19-3-1-4-20(17-19)29-22-21(5-2-9-28-22)23(32)31-11-7-18(8-12-31)6-10-30-13-15-33-16-14-30/h1-5,9,17-18H,6-8,10-16H2,(H,28,29). The van der Waals surface area contributed by atoms with E-state index in [1.165, 1.54) is 18.3 Å². The monoisotopic (exact) mass is 462 g/mol. The van der Waals surface area contributed by atoms with Gasteiger partial charge in [0.15, 0.2) is 0 Å². The van der Waals surface area contributed by atoms with E-state index in [1.807, 2.05) is 4.90 Å². The average molecular weight is 463 g/mol. The molecule has 2 aliphatic rings. The Hall–Kier alpha value is -2.65. The van der Waals surface area contributed by atoms with E-state index in [9.17, 15) is 18.0 Å². The Morgan fingerprint density at radius 2 is 1.85 bits per heavy atom. The van der Waals surface area contributed by atoms with E-state index in [2.05, 4.69) is 15.2 Å². The predicted octanol–water partition coefficient (Wildman–Crippen LogP) is 4.42. The number of morpholine rings is 1. The number of nitrogens with one attached hydrogen (secondary N) is 1. The zero-order valence-corrected chi connectivity index (χ0v) is 18.5. The average Bonchev–Trinajstić information content (AvgIpc) is 2.83. The molecular weight excluding hydrogens is 433 g/mol. The summed E-state index contributed by atoms with van der Waals surface area (Å²) in [5, 5.41) is 2.90. The van der Waals surface area contributed by atoms with E-state index in [1.54, 1.807) is 12.1 Å². The number of alkyl halides is 3. The number of carbonyl (C=O) groups is 1. The van der Waals surface area contributed by atoms with Gasteiger partial charge in [-0.2, -0.15) is 13.2 Å². The molecule has 9 heteroatoms. The van der Waals surface area contributed by atoms with Crippen LogP contribution in [-0.2, 0) is 10.9 Å². The second-order valence-electron chi connectivity index (χ2n) is 8.58. The highest BCUT2D eigenvalue weighted by molar-refractivity contribution is 5.99. The highest BCUT2D eigenvalue weighted by Gasteiger charge is 2.31. The lowest BCUT2D eigenvalue weighted by atomic mass is 9.93. The first kappa shape index (κ1) is 23.5. The molecule has 0 radical (unpaired) electrons. The third kappa shape index (κ3) is 6.23. The van der Waals surface area contributed by atoms with Crippen LogP contribution in [0.5, 0.6) is 0 Å². The molecule has 1 amide bonds. The molecule has 4 rings (SSSR count). The van der Waals surface area contributed by atoms with Crippen LogP contribution in [0.1, 0.15) is 35.2 Å². The van der Waals surface area contributed by atoms with Gasteiger partial charge in [-0.05, 0) is 62.1 Å². The molecule has 0 atom stereocenters. The second-order valence-corrected chi connectivity index (χ2v) is 8.58. The van der Waals surface area contributed by atoms with Gasteiger partial charge in [0.2, 0.25) is 0 Å². The van der Waals surface area contributed by atoms with Crippen molar-refractivity contribution in [2.75, 3.05) is 51.3 Å². The minimum Gasteiger partial charge on any atom is -0.379 e. The summed E-state index contributed by atoms with van der Waals surface area (Å²) in [5.41, 5.74) is -0.156. The third-order valence-electron chi connectivity index (χ3n) is 6.35. The van der Waals surface area contributed by atoms with E-state index in [-0.39, 0.29) is 17.4 Å².